The molecule has 0 unspecified atom stereocenters. The Morgan fingerprint density at radius 2 is 1.83 bits per heavy atom. The summed E-state index contributed by atoms with van der Waals surface area (Å²) in [4.78, 5) is 25.9. The predicted molar refractivity (Wildman–Crippen MR) is 108 cm³/mol. The van der Waals surface area contributed by atoms with Crippen molar-refractivity contribution in [3.05, 3.63) is 29.3 Å². The zero-order valence-corrected chi connectivity index (χ0v) is 17.6. The van der Waals surface area contributed by atoms with Crippen LogP contribution in [0.1, 0.15) is 53.3 Å². The number of likely N-dealkylation sites (tertiary alicyclic amines) is 1. The largest absolute Gasteiger partial charge is 0.341 e. The molecule has 2 aliphatic heterocycles. The number of H-pyrrole nitrogens is 1. The number of sulfone groups is 1. The molecule has 2 fully saturated rings. The van der Waals surface area contributed by atoms with E-state index in [2.05, 4.69) is 20.1 Å². The van der Waals surface area contributed by atoms with Crippen LogP contribution in [-0.4, -0.2) is 71.8 Å². The molecule has 10 heteroatoms. The summed E-state index contributed by atoms with van der Waals surface area (Å²) in [6, 6.07) is 0. The van der Waals surface area contributed by atoms with Crippen molar-refractivity contribution in [2.75, 3.05) is 37.3 Å². The number of carbonyl (C=O) groups excluding carboxylic acids is 1. The van der Waals surface area contributed by atoms with Crippen molar-refractivity contribution in [2.45, 2.75) is 43.4 Å². The van der Waals surface area contributed by atoms with Crippen molar-refractivity contribution in [3.63, 3.8) is 0 Å². The lowest BCUT2D eigenvalue weighted by molar-refractivity contribution is 0.0710. The van der Waals surface area contributed by atoms with Crippen molar-refractivity contribution in [1.82, 2.24) is 25.1 Å². The summed E-state index contributed by atoms with van der Waals surface area (Å²) in [7, 11) is -3.43. The molecule has 4 heterocycles. The molecule has 2 aliphatic rings. The van der Waals surface area contributed by atoms with Crippen LogP contribution >= 0.6 is 0 Å². The quantitative estimate of drug-likeness (QED) is 0.801. The highest BCUT2D eigenvalue weighted by atomic mass is 32.2. The summed E-state index contributed by atoms with van der Waals surface area (Å²) in [5.41, 5.74) is 1.93. The maximum Gasteiger partial charge on any atom is 0.257 e. The first kappa shape index (κ1) is 19.8. The minimum absolute atomic E-state index is 0.0152. The average molecular weight is 419 g/mol. The van der Waals surface area contributed by atoms with Crippen LogP contribution in [0, 0.1) is 6.92 Å². The van der Waals surface area contributed by atoms with Gasteiger partial charge < -0.3 is 9.80 Å². The fourth-order valence-electron chi connectivity index (χ4n) is 4.11. The van der Waals surface area contributed by atoms with E-state index >= 15 is 0 Å². The Hall–Kier alpha value is -2.49. The van der Waals surface area contributed by atoms with Gasteiger partial charge in [0, 0.05) is 44.0 Å². The molecule has 4 rings (SSSR count). The van der Waals surface area contributed by atoms with E-state index in [1.807, 2.05) is 6.92 Å². The molecule has 0 bridgehead atoms. The van der Waals surface area contributed by atoms with Crippen LogP contribution in [0.5, 0.6) is 0 Å². The van der Waals surface area contributed by atoms with E-state index in [0.717, 1.165) is 31.6 Å². The Labute approximate surface area is 170 Å². The Morgan fingerprint density at radius 3 is 2.41 bits per heavy atom. The van der Waals surface area contributed by atoms with E-state index in [1.165, 1.54) is 12.5 Å². The summed E-state index contributed by atoms with van der Waals surface area (Å²) < 4.78 is 24.7. The minimum atomic E-state index is -3.43. The smallest absolute Gasteiger partial charge is 0.257 e. The number of piperidine rings is 1. The highest BCUT2D eigenvalue weighted by molar-refractivity contribution is 7.90. The fraction of sp³-hybridized carbons (Fsp3) is 0.579. The standard InChI is InChI=1S/C19H26N6O3S/c1-13-15(11-21-23-13)18(26)24-9-5-14(6-10-24)17-16(29(2,27)28)12-20-19(22-17)25-7-3-4-8-25/h11-12,14H,3-10H2,1-2H3,(H,21,23). The van der Waals surface area contributed by atoms with Gasteiger partial charge in [-0.2, -0.15) is 5.10 Å². The third-order valence-corrected chi connectivity index (χ3v) is 6.90. The predicted octanol–water partition coefficient (Wildman–Crippen LogP) is 1.53. The van der Waals surface area contributed by atoms with Crippen LogP contribution < -0.4 is 4.90 Å². The molecule has 1 N–H and O–H groups in total. The second kappa shape index (κ2) is 7.74. The van der Waals surface area contributed by atoms with Crippen molar-refractivity contribution in [3.8, 4) is 0 Å². The fourth-order valence-corrected chi connectivity index (χ4v) is 4.95. The van der Waals surface area contributed by atoms with Gasteiger partial charge in [0.25, 0.3) is 5.91 Å². The van der Waals surface area contributed by atoms with Gasteiger partial charge in [0.15, 0.2) is 9.84 Å². The van der Waals surface area contributed by atoms with Crippen LogP contribution in [0.4, 0.5) is 5.95 Å². The maximum atomic E-state index is 12.7. The molecule has 9 nitrogen and oxygen atoms in total. The molecule has 2 aromatic heterocycles. The number of nitrogens with zero attached hydrogens (tertiary/aromatic N) is 5. The highest BCUT2D eigenvalue weighted by Gasteiger charge is 2.31. The third-order valence-electron chi connectivity index (χ3n) is 5.79. The molecule has 2 saturated heterocycles. The first-order valence-corrected chi connectivity index (χ1v) is 11.8. The molecular weight excluding hydrogens is 392 g/mol. The van der Waals surface area contributed by atoms with Gasteiger partial charge in [-0.3, -0.25) is 9.89 Å². The van der Waals surface area contributed by atoms with Gasteiger partial charge >= 0.3 is 0 Å². The monoisotopic (exact) mass is 418 g/mol. The number of hydrogen-bond acceptors (Lipinski definition) is 7. The van der Waals surface area contributed by atoms with Crippen molar-refractivity contribution >= 4 is 21.7 Å². The molecule has 0 atom stereocenters. The summed E-state index contributed by atoms with van der Waals surface area (Å²) in [5.74, 6) is 0.550. The number of rotatable bonds is 4. The number of amides is 1. The summed E-state index contributed by atoms with van der Waals surface area (Å²) in [6.07, 6.45) is 7.74. The summed E-state index contributed by atoms with van der Waals surface area (Å²) >= 11 is 0. The molecule has 1 amide bonds. The lowest BCUT2D eigenvalue weighted by Crippen LogP contribution is -2.38. The summed E-state index contributed by atoms with van der Waals surface area (Å²) in [5, 5.41) is 6.72. The molecule has 0 radical (unpaired) electrons. The lowest BCUT2D eigenvalue weighted by Gasteiger charge is -2.32. The van der Waals surface area contributed by atoms with Gasteiger partial charge in [0.1, 0.15) is 4.90 Å². The zero-order valence-electron chi connectivity index (χ0n) is 16.8. The van der Waals surface area contributed by atoms with E-state index in [1.54, 1.807) is 11.1 Å². The van der Waals surface area contributed by atoms with E-state index in [0.29, 0.717) is 43.1 Å². The van der Waals surface area contributed by atoms with E-state index in [4.69, 9.17) is 4.98 Å². The van der Waals surface area contributed by atoms with Crippen LogP contribution in [0.25, 0.3) is 0 Å². The van der Waals surface area contributed by atoms with Crippen LogP contribution in [-0.2, 0) is 9.84 Å². The molecule has 0 saturated carbocycles. The van der Waals surface area contributed by atoms with Crippen molar-refractivity contribution in [1.29, 1.82) is 0 Å². The average Bonchev–Trinajstić information content (AvgIpc) is 3.38. The first-order chi connectivity index (χ1) is 13.8. The van der Waals surface area contributed by atoms with Gasteiger partial charge in [-0.1, -0.05) is 0 Å². The molecule has 0 aliphatic carbocycles. The van der Waals surface area contributed by atoms with Gasteiger partial charge in [0.05, 0.1) is 23.7 Å². The number of hydrogen-bond donors (Lipinski definition) is 1. The van der Waals surface area contributed by atoms with Crippen molar-refractivity contribution < 1.29 is 13.2 Å². The van der Waals surface area contributed by atoms with Gasteiger partial charge in [-0.05, 0) is 32.6 Å². The molecule has 29 heavy (non-hydrogen) atoms. The number of nitrogens with one attached hydrogen (secondary N) is 1. The number of anilines is 1. The normalized spacial score (nSPS) is 18.4. The van der Waals surface area contributed by atoms with E-state index < -0.39 is 9.84 Å². The zero-order chi connectivity index (χ0) is 20.6. The Morgan fingerprint density at radius 1 is 1.14 bits per heavy atom. The second-order valence-corrected chi connectivity index (χ2v) is 9.85. The van der Waals surface area contributed by atoms with E-state index in [9.17, 15) is 13.2 Å². The second-order valence-electron chi connectivity index (χ2n) is 7.86. The number of aromatic nitrogens is 4. The van der Waals surface area contributed by atoms with Crippen molar-refractivity contribution in [2.24, 2.45) is 0 Å². The number of aryl methyl sites for hydroxylation is 1. The molecule has 156 valence electrons. The molecule has 0 spiro atoms. The van der Waals surface area contributed by atoms with E-state index in [-0.39, 0.29) is 16.7 Å². The third kappa shape index (κ3) is 3.98. The first-order valence-electron chi connectivity index (χ1n) is 9.96. The Kier molecular flexibility index (Phi) is 5.28. The minimum Gasteiger partial charge on any atom is -0.341 e. The molecular formula is C19H26N6O3S. The van der Waals surface area contributed by atoms with Gasteiger partial charge in [-0.25, -0.2) is 18.4 Å². The Bertz CT molecular complexity index is 1000. The van der Waals surface area contributed by atoms with Gasteiger partial charge in [0.2, 0.25) is 5.95 Å². The number of aromatic amines is 1. The topological polar surface area (TPSA) is 112 Å². The van der Waals surface area contributed by atoms with Gasteiger partial charge in [-0.15, -0.1) is 0 Å². The lowest BCUT2D eigenvalue weighted by atomic mass is 9.93. The number of carbonyl (C=O) groups is 1. The molecule has 2 aromatic rings. The highest BCUT2D eigenvalue weighted by Crippen LogP contribution is 2.33. The van der Waals surface area contributed by atoms with Crippen LogP contribution in [0.3, 0.4) is 0 Å². The van der Waals surface area contributed by atoms with Crippen LogP contribution in [0.15, 0.2) is 17.3 Å². The molecule has 0 aromatic carbocycles. The Balaban J connectivity index is 1.56. The SMILES string of the molecule is Cc1[nH]ncc1C(=O)N1CCC(c2nc(N3CCCC3)ncc2S(C)(=O)=O)CC1. The van der Waals surface area contributed by atoms with Crippen LogP contribution in [0.2, 0.25) is 0 Å². The summed E-state index contributed by atoms with van der Waals surface area (Å²) in [6.45, 7) is 4.73. The maximum absolute atomic E-state index is 12.7.